The number of anilines is 2. The molecule has 0 fully saturated rings. The van der Waals surface area contributed by atoms with Crippen LogP contribution in [0.25, 0.3) is 11.0 Å². The molecule has 258 valence electrons. The number of hydrogen-bond acceptors (Lipinski definition) is 10. The van der Waals surface area contributed by atoms with Crippen LogP contribution < -0.4 is 21.8 Å². The third-order valence-corrected chi connectivity index (χ3v) is 8.09. The van der Waals surface area contributed by atoms with E-state index in [1.807, 2.05) is 6.92 Å². The van der Waals surface area contributed by atoms with E-state index in [1.165, 1.54) is 6.26 Å². The first kappa shape index (κ1) is 35.3. The van der Waals surface area contributed by atoms with Crippen LogP contribution in [0, 0.1) is 5.92 Å². The van der Waals surface area contributed by atoms with E-state index in [0.29, 0.717) is 66.3 Å². The number of amides is 2. The Morgan fingerprint density at radius 3 is 2.41 bits per heavy atom. The van der Waals surface area contributed by atoms with Crippen LogP contribution in [0.15, 0.2) is 100 Å². The van der Waals surface area contributed by atoms with Gasteiger partial charge in [-0.25, -0.2) is 0 Å². The van der Waals surface area contributed by atoms with Gasteiger partial charge < -0.3 is 44.8 Å². The van der Waals surface area contributed by atoms with E-state index < -0.39 is 18.1 Å². The molecule has 0 aliphatic carbocycles. The average Bonchev–Trinajstić information content (AvgIpc) is 3.12. The van der Waals surface area contributed by atoms with Gasteiger partial charge in [0, 0.05) is 42.7 Å². The zero-order valence-electron chi connectivity index (χ0n) is 27.3. The summed E-state index contributed by atoms with van der Waals surface area (Å²) in [4.78, 5) is 39.9. The number of carbonyl (C=O) groups is 2. The molecule has 0 saturated carbocycles. The maximum Gasteiger partial charge on any atom is 0.286 e. The van der Waals surface area contributed by atoms with E-state index in [0.717, 1.165) is 5.56 Å². The van der Waals surface area contributed by atoms with Crippen molar-refractivity contribution in [3.63, 3.8) is 0 Å². The number of nitrogens with two attached hydrogens (primary N) is 1. The lowest BCUT2D eigenvalue weighted by Gasteiger charge is -2.36. The number of aliphatic hydroxyl groups is 1. The molecule has 0 spiro atoms. The van der Waals surface area contributed by atoms with E-state index >= 15 is 0 Å². The molecule has 12 nitrogen and oxygen atoms in total. The second-order valence-electron chi connectivity index (χ2n) is 11.3. The van der Waals surface area contributed by atoms with Crippen LogP contribution in [0.2, 0.25) is 0 Å². The maximum absolute atomic E-state index is 13.7. The van der Waals surface area contributed by atoms with Gasteiger partial charge in [0.2, 0.25) is 6.29 Å². The summed E-state index contributed by atoms with van der Waals surface area (Å²) >= 11 is 0. The Labute approximate surface area is 283 Å². The number of carbonyl (C=O) groups excluding carboxylic acids is 2. The van der Waals surface area contributed by atoms with Crippen molar-refractivity contribution in [1.29, 1.82) is 0 Å². The number of benzene rings is 3. The molecular weight excluding hydrogens is 630 g/mol. The Balaban J connectivity index is 1.32. The lowest BCUT2D eigenvalue weighted by molar-refractivity contribution is -0.168. The standard InChI is InChI=1S/C37H41N3O9/c1-2-47-37-26(15-17-45-19-20-46-18-16-41)28(29-23-48-32-10-6-3-7-27(32)34(29)42)21-33(49-37)36(44)39-22-24-11-13-25(14-12-24)35(43)40-31-9-5-4-8-30(31)38/h3-14,21,23,26,28,37,41H,2,15-20,22,38H2,1H3,(H,39,44)(H,40,43)/t26-,28-,37+/m1/s1. The first-order chi connectivity index (χ1) is 23.9. The molecule has 5 N–H and O–H groups in total. The van der Waals surface area contributed by atoms with Gasteiger partial charge in [-0.3, -0.25) is 14.4 Å². The minimum absolute atomic E-state index is 0.0158. The predicted octanol–water partition coefficient (Wildman–Crippen LogP) is 4.34. The molecule has 4 aromatic rings. The highest BCUT2D eigenvalue weighted by Crippen LogP contribution is 2.38. The lowest BCUT2D eigenvalue weighted by atomic mass is 9.81. The summed E-state index contributed by atoms with van der Waals surface area (Å²) in [5, 5.41) is 15.0. The fourth-order valence-corrected chi connectivity index (χ4v) is 5.57. The molecule has 0 saturated heterocycles. The number of rotatable bonds is 16. The lowest BCUT2D eigenvalue weighted by Crippen LogP contribution is -2.40. The summed E-state index contributed by atoms with van der Waals surface area (Å²) < 4.78 is 29.0. The highest BCUT2D eigenvalue weighted by molar-refractivity contribution is 6.05. The summed E-state index contributed by atoms with van der Waals surface area (Å²) in [5.41, 5.74) is 8.74. The van der Waals surface area contributed by atoms with E-state index in [9.17, 15) is 14.4 Å². The number of nitrogen functional groups attached to an aromatic ring is 1. The molecule has 0 unspecified atom stereocenters. The molecule has 1 aromatic heterocycles. The highest BCUT2D eigenvalue weighted by atomic mass is 16.7. The smallest absolute Gasteiger partial charge is 0.286 e. The number of fused-ring (bicyclic) bond motifs is 1. The number of allylic oxidation sites excluding steroid dienone is 1. The Bertz CT molecular complexity index is 1810. The Morgan fingerprint density at radius 2 is 1.65 bits per heavy atom. The van der Waals surface area contributed by atoms with Crippen molar-refractivity contribution in [2.24, 2.45) is 5.92 Å². The Morgan fingerprint density at radius 1 is 0.918 bits per heavy atom. The molecule has 1 aliphatic rings. The van der Waals surface area contributed by atoms with Gasteiger partial charge in [-0.1, -0.05) is 36.4 Å². The molecule has 0 radical (unpaired) electrons. The van der Waals surface area contributed by atoms with Gasteiger partial charge in [0.1, 0.15) is 5.58 Å². The van der Waals surface area contributed by atoms with Crippen LogP contribution in [0.5, 0.6) is 0 Å². The number of nitrogens with one attached hydrogen (secondary N) is 2. The summed E-state index contributed by atoms with van der Waals surface area (Å²) in [7, 11) is 0. The summed E-state index contributed by atoms with van der Waals surface area (Å²) in [5.74, 6) is -1.75. The Kier molecular flexibility index (Phi) is 12.5. The number of ether oxygens (including phenoxy) is 4. The van der Waals surface area contributed by atoms with Crippen LogP contribution in [-0.4, -0.2) is 62.9 Å². The number of hydrogen-bond donors (Lipinski definition) is 4. The third kappa shape index (κ3) is 9.12. The van der Waals surface area contributed by atoms with Crippen LogP contribution in [-0.2, 0) is 30.3 Å². The Hall–Kier alpha value is -5.01. The topological polar surface area (TPSA) is 172 Å². The molecule has 2 amide bonds. The molecule has 5 rings (SSSR count). The SMILES string of the molecule is CCO[C@H]1OC(C(=O)NCc2ccc(C(=O)Nc3ccccc3N)cc2)=C[C@@H](c2coc3ccccc3c2=O)[C@H]1CCOCCOCCO. The molecule has 49 heavy (non-hydrogen) atoms. The average molecular weight is 672 g/mol. The third-order valence-electron chi connectivity index (χ3n) is 8.09. The van der Waals surface area contributed by atoms with Gasteiger partial charge in [0.25, 0.3) is 11.8 Å². The number of para-hydroxylation sites is 3. The van der Waals surface area contributed by atoms with Crippen molar-refractivity contribution in [1.82, 2.24) is 5.32 Å². The largest absolute Gasteiger partial charge is 0.464 e. The highest BCUT2D eigenvalue weighted by Gasteiger charge is 2.39. The monoisotopic (exact) mass is 671 g/mol. The van der Waals surface area contributed by atoms with Gasteiger partial charge >= 0.3 is 0 Å². The van der Waals surface area contributed by atoms with Crippen LogP contribution >= 0.6 is 0 Å². The summed E-state index contributed by atoms with van der Waals surface area (Å²) in [6, 6.07) is 20.8. The molecule has 3 atom stereocenters. The van der Waals surface area contributed by atoms with Crippen molar-refractivity contribution >= 4 is 34.2 Å². The van der Waals surface area contributed by atoms with E-state index in [2.05, 4.69) is 10.6 Å². The van der Waals surface area contributed by atoms with Crippen LogP contribution in [0.1, 0.15) is 40.7 Å². The predicted molar refractivity (Wildman–Crippen MR) is 184 cm³/mol. The fraction of sp³-hybridized carbons (Fsp3) is 0.324. The van der Waals surface area contributed by atoms with Crippen molar-refractivity contribution in [3.05, 3.63) is 118 Å². The maximum atomic E-state index is 13.7. The summed E-state index contributed by atoms with van der Waals surface area (Å²) in [6.45, 7) is 3.43. The molecule has 12 heteroatoms. The fourth-order valence-electron chi connectivity index (χ4n) is 5.57. The molecule has 0 bridgehead atoms. The minimum Gasteiger partial charge on any atom is -0.464 e. The second-order valence-corrected chi connectivity index (χ2v) is 11.3. The first-order valence-corrected chi connectivity index (χ1v) is 16.2. The van der Waals surface area contributed by atoms with E-state index in [4.69, 9.17) is 34.2 Å². The van der Waals surface area contributed by atoms with Crippen molar-refractivity contribution < 1.29 is 38.1 Å². The van der Waals surface area contributed by atoms with Gasteiger partial charge in [-0.2, -0.15) is 0 Å². The molecule has 3 aromatic carbocycles. The van der Waals surface area contributed by atoms with Gasteiger partial charge in [0.05, 0.1) is 49.5 Å². The molecule has 2 heterocycles. The molecule has 1 aliphatic heterocycles. The van der Waals surface area contributed by atoms with Gasteiger partial charge in [0.15, 0.2) is 11.2 Å². The van der Waals surface area contributed by atoms with Crippen molar-refractivity contribution in [2.75, 3.05) is 50.7 Å². The van der Waals surface area contributed by atoms with Crippen LogP contribution in [0.4, 0.5) is 11.4 Å². The normalized spacial score (nSPS) is 17.3. The van der Waals surface area contributed by atoms with E-state index in [1.54, 1.807) is 78.9 Å². The second kappa shape index (κ2) is 17.4. The quantitative estimate of drug-likeness (QED) is 0.0993. The van der Waals surface area contributed by atoms with Gasteiger partial charge in [-0.15, -0.1) is 0 Å². The van der Waals surface area contributed by atoms with Crippen molar-refractivity contribution in [3.8, 4) is 0 Å². The molecular formula is C37H41N3O9. The zero-order chi connectivity index (χ0) is 34.6. The van der Waals surface area contributed by atoms with E-state index in [-0.39, 0.29) is 42.8 Å². The zero-order valence-corrected chi connectivity index (χ0v) is 27.3. The van der Waals surface area contributed by atoms with Crippen LogP contribution in [0.3, 0.4) is 0 Å². The summed E-state index contributed by atoms with van der Waals surface area (Å²) in [6.07, 6.45) is 2.68. The minimum atomic E-state index is -0.850. The number of aliphatic hydroxyl groups excluding tert-OH is 1. The van der Waals surface area contributed by atoms with Crippen molar-refractivity contribution in [2.45, 2.75) is 32.1 Å². The van der Waals surface area contributed by atoms with Gasteiger partial charge in [-0.05, 0) is 61.4 Å². The first-order valence-electron chi connectivity index (χ1n) is 16.2.